The summed E-state index contributed by atoms with van der Waals surface area (Å²) in [5.74, 6) is 0. The molecule has 1 aliphatic heterocycles. The average Bonchev–Trinajstić information content (AvgIpc) is 3.14. The van der Waals surface area contributed by atoms with Gasteiger partial charge in [0.05, 0.1) is 6.10 Å². The third-order valence-electron chi connectivity index (χ3n) is 3.73. The van der Waals surface area contributed by atoms with Crippen LogP contribution in [0.4, 0.5) is 5.13 Å². The lowest BCUT2D eigenvalue weighted by atomic mass is 10.1. The summed E-state index contributed by atoms with van der Waals surface area (Å²) in [5, 5.41) is 4.72. The normalized spacial score (nSPS) is 21.5. The Morgan fingerprint density at radius 1 is 1.39 bits per heavy atom. The van der Waals surface area contributed by atoms with E-state index in [1.165, 1.54) is 22.9 Å². The second-order valence-corrected chi connectivity index (χ2v) is 6.28. The van der Waals surface area contributed by atoms with Crippen LogP contribution in [0.3, 0.4) is 0 Å². The Bertz CT molecular complexity index is 383. The van der Waals surface area contributed by atoms with E-state index in [0.29, 0.717) is 6.10 Å². The van der Waals surface area contributed by atoms with Crippen LogP contribution in [0.2, 0.25) is 0 Å². The van der Waals surface area contributed by atoms with Crippen molar-refractivity contribution in [2.45, 2.75) is 44.4 Å². The van der Waals surface area contributed by atoms with Gasteiger partial charge in [-0.1, -0.05) is 0 Å². The van der Waals surface area contributed by atoms with E-state index >= 15 is 0 Å². The molecule has 3 rings (SSSR count). The standard InChI is InChI=1S/C13H21N3OS/c1-17-11-4-6-16(7-5-11)13-15-9-12(18-13)8-14-10-2-3-10/h9-11,14H,2-8H2,1H3. The van der Waals surface area contributed by atoms with Crippen molar-refractivity contribution in [3.63, 3.8) is 0 Å². The van der Waals surface area contributed by atoms with Gasteiger partial charge in [0.15, 0.2) is 5.13 Å². The molecule has 0 amide bonds. The van der Waals surface area contributed by atoms with E-state index in [2.05, 4.69) is 15.2 Å². The van der Waals surface area contributed by atoms with Crippen molar-refractivity contribution in [1.29, 1.82) is 0 Å². The minimum atomic E-state index is 0.442. The van der Waals surface area contributed by atoms with Crippen molar-refractivity contribution >= 4 is 16.5 Å². The summed E-state index contributed by atoms with van der Waals surface area (Å²) in [6.45, 7) is 3.12. The van der Waals surface area contributed by atoms with E-state index in [4.69, 9.17) is 4.74 Å². The number of thiazole rings is 1. The third kappa shape index (κ3) is 3.02. The van der Waals surface area contributed by atoms with Gasteiger partial charge in [-0.3, -0.25) is 0 Å². The Morgan fingerprint density at radius 3 is 2.83 bits per heavy atom. The molecule has 1 N–H and O–H groups in total. The molecule has 5 heteroatoms. The first-order valence-electron chi connectivity index (χ1n) is 6.81. The SMILES string of the molecule is COC1CCN(c2ncc(CNC3CC3)s2)CC1. The molecule has 1 aromatic heterocycles. The average molecular weight is 267 g/mol. The quantitative estimate of drug-likeness (QED) is 0.885. The number of rotatable bonds is 5. The molecule has 0 atom stereocenters. The summed E-state index contributed by atoms with van der Waals surface area (Å²) in [4.78, 5) is 8.29. The number of hydrogen-bond donors (Lipinski definition) is 1. The van der Waals surface area contributed by atoms with Crippen LogP contribution in [0, 0.1) is 0 Å². The number of nitrogens with zero attached hydrogens (tertiary/aromatic N) is 2. The third-order valence-corrected chi connectivity index (χ3v) is 4.79. The van der Waals surface area contributed by atoms with Gasteiger partial charge in [-0.15, -0.1) is 11.3 Å². The number of ether oxygens (including phenoxy) is 1. The molecule has 0 radical (unpaired) electrons. The predicted octanol–water partition coefficient (Wildman–Crippen LogP) is 2.01. The molecule has 1 aliphatic carbocycles. The summed E-state index contributed by atoms with van der Waals surface area (Å²) in [6, 6.07) is 0.771. The molecule has 4 nitrogen and oxygen atoms in total. The Morgan fingerprint density at radius 2 is 2.17 bits per heavy atom. The number of hydrogen-bond acceptors (Lipinski definition) is 5. The smallest absolute Gasteiger partial charge is 0.185 e. The molecule has 0 unspecified atom stereocenters. The van der Waals surface area contributed by atoms with E-state index in [-0.39, 0.29) is 0 Å². The van der Waals surface area contributed by atoms with Gasteiger partial charge in [0, 0.05) is 43.9 Å². The van der Waals surface area contributed by atoms with E-state index in [1.54, 1.807) is 0 Å². The Hall–Kier alpha value is -0.650. The van der Waals surface area contributed by atoms with Crippen molar-refractivity contribution in [2.24, 2.45) is 0 Å². The minimum Gasteiger partial charge on any atom is -0.381 e. The molecule has 18 heavy (non-hydrogen) atoms. The number of nitrogens with one attached hydrogen (secondary N) is 1. The topological polar surface area (TPSA) is 37.4 Å². The highest BCUT2D eigenvalue weighted by atomic mass is 32.1. The van der Waals surface area contributed by atoms with Crippen molar-refractivity contribution in [2.75, 3.05) is 25.1 Å². The molecule has 0 spiro atoms. The minimum absolute atomic E-state index is 0.442. The highest BCUT2D eigenvalue weighted by molar-refractivity contribution is 7.15. The summed E-state index contributed by atoms with van der Waals surface area (Å²) < 4.78 is 5.40. The molecule has 1 saturated heterocycles. The zero-order valence-corrected chi connectivity index (χ0v) is 11.7. The van der Waals surface area contributed by atoms with Crippen LogP contribution >= 0.6 is 11.3 Å². The fourth-order valence-corrected chi connectivity index (χ4v) is 3.25. The van der Waals surface area contributed by atoms with E-state index < -0.39 is 0 Å². The van der Waals surface area contributed by atoms with Gasteiger partial charge in [-0.25, -0.2) is 4.98 Å². The van der Waals surface area contributed by atoms with Crippen molar-refractivity contribution in [3.8, 4) is 0 Å². The molecule has 2 heterocycles. The van der Waals surface area contributed by atoms with Crippen LogP contribution in [0.15, 0.2) is 6.20 Å². The summed E-state index contributed by atoms with van der Waals surface area (Å²) in [7, 11) is 1.81. The van der Waals surface area contributed by atoms with Crippen LogP contribution in [-0.2, 0) is 11.3 Å². The first kappa shape index (κ1) is 12.4. The molecule has 1 saturated carbocycles. The van der Waals surface area contributed by atoms with E-state index in [1.807, 2.05) is 24.6 Å². The Kier molecular flexibility index (Phi) is 3.82. The van der Waals surface area contributed by atoms with Gasteiger partial charge in [0.1, 0.15) is 0 Å². The van der Waals surface area contributed by atoms with Gasteiger partial charge in [0.2, 0.25) is 0 Å². The highest BCUT2D eigenvalue weighted by Crippen LogP contribution is 2.27. The lowest BCUT2D eigenvalue weighted by Gasteiger charge is -2.30. The number of aromatic nitrogens is 1. The van der Waals surface area contributed by atoms with Gasteiger partial charge in [-0.2, -0.15) is 0 Å². The molecule has 100 valence electrons. The number of anilines is 1. The number of methoxy groups -OCH3 is 1. The van der Waals surface area contributed by atoms with Crippen LogP contribution in [0.5, 0.6) is 0 Å². The van der Waals surface area contributed by atoms with Crippen LogP contribution < -0.4 is 10.2 Å². The zero-order valence-electron chi connectivity index (χ0n) is 10.9. The van der Waals surface area contributed by atoms with Crippen molar-refractivity contribution in [3.05, 3.63) is 11.1 Å². The zero-order chi connectivity index (χ0) is 12.4. The largest absolute Gasteiger partial charge is 0.381 e. The fourth-order valence-electron chi connectivity index (χ4n) is 2.34. The van der Waals surface area contributed by atoms with Gasteiger partial charge in [-0.05, 0) is 25.7 Å². The van der Waals surface area contributed by atoms with Gasteiger partial charge >= 0.3 is 0 Å². The van der Waals surface area contributed by atoms with Crippen molar-refractivity contribution < 1.29 is 4.74 Å². The maximum absolute atomic E-state index is 5.40. The Labute approximate surface area is 112 Å². The van der Waals surface area contributed by atoms with Crippen LogP contribution in [0.25, 0.3) is 0 Å². The maximum atomic E-state index is 5.40. The highest BCUT2D eigenvalue weighted by Gasteiger charge is 2.22. The summed E-state index contributed by atoms with van der Waals surface area (Å²) >= 11 is 1.83. The molecular formula is C13H21N3OS. The maximum Gasteiger partial charge on any atom is 0.185 e. The summed E-state index contributed by atoms with van der Waals surface area (Å²) in [5.41, 5.74) is 0. The van der Waals surface area contributed by atoms with E-state index in [0.717, 1.165) is 38.5 Å². The summed E-state index contributed by atoms with van der Waals surface area (Å²) in [6.07, 6.45) is 7.39. The van der Waals surface area contributed by atoms with Crippen molar-refractivity contribution in [1.82, 2.24) is 10.3 Å². The van der Waals surface area contributed by atoms with Gasteiger partial charge < -0.3 is 15.0 Å². The lowest BCUT2D eigenvalue weighted by Crippen LogP contribution is -2.36. The van der Waals surface area contributed by atoms with Crippen LogP contribution in [-0.4, -0.2) is 37.3 Å². The van der Waals surface area contributed by atoms with Gasteiger partial charge in [0.25, 0.3) is 0 Å². The first-order valence-corrected chi connectivity index (χ1v) is 7.62. The molecule has 1 aromatic rings. The monoisotopic (exact) mass is 267 g/mol. The molecular weight excluding hydrogens is 246 g/mol. The Balaban J connectivity index is 1.52. The van der Waals surface area contributed by atoms with E-state index in [9.17, 15) is 0 Å². The fraction of sp³-hybridized carbons (Fsp3) is 0.769. The molecule has 0 bridgehead atoms. The van der Waals surface area contributed by atoms with Crippen LogP contribution in [0.1, 0.15) is 30.6 Å². The second-order valence-electron chi connectivity index (χ2n) is 5.19. The first-order chi connectivity index (χ1) is 8.85. The molecule has 2 fully saturated rings. The lowest BCUT2D eigenvalue weighted by molar-refractivity contribution is 0.0819. The predicted molar refractivity (Wildman–Crippen MR) is 74.2 cm³/mol. The second kappa shape index (κ2) is 5.55. The number of piperidine rings is 1. The molecule has 2 aliphatic rings. The molecule has 0 aromatic carbocycles.